The van der Waals surface area contributed by atoms with E-state index < -0.39 is 0 Å². The Hall–Kier alpha value is -2.95. The second-order valence-corrected chi connectivity index (χ2v) is 4.62. The smallest absolute Gasteiger partial charge is 0.259 e. The number of amides is 1. The molecule has 1 N–H and O–H groups in total. The number of rotatable bonds is 7. The molecule has 5 nitrogen and oxygen atoms in total. The predicted molar refractivity (Wildman–Crippen MR) is 89.6 cm³/mol. The van der Waals surface area contributed by atoms with E-state index in [0.717, 1.165) is 0 Å². The van der Waals surface area contributed by atoms with Crippen LogP contribution in [0.5, 0.6) is 17.2 Å². The van der Waals surface area contributed by atoms with Gasteiger partial charge in [0.2, 0.25) is 0 Å². The molecule has 0 heterocycles. The second-order valence-electron chi connectivity index (χ2n) is 4.62. The fraction of sp³-hybridized carbons (Fsp3) is 0.167. The summed E-state index contributed by atoms with van der Waals surface area (Å²) in [7, 11) is 3.03. The first-order chi connectivity index (χ1) is 11.2. The molecule has 23 heavy (non-hydrogen) atoms. The summed E-state index contributed by atoms with van der Waals surface area (Å²) in [5, 5.41) is 2.82. The molecule has 0 bridgehead atoms. The van der Waals surface area contributed by atoms with Gasteiger partial charge in [0.1, 0.15) is 12.4 Å². The zero-order valence-corrected chi connectivity index (χ0v) is 13.2. The van der Waals surface area contributed by atoms with Gasteiger partial charge in [0.25, 0.3) is 5.91 Å². The number of methoxy groups -OCH3 is 2. The maximum absolute atomic E-state index is 12.5. The van der Waals surface area contributed by atoms with Gasteiger partial charge in [-0.15, -0.1) is 0 Å². The molecule has 0 aliphatic carbocycles. The Kier molecular flexibility index (Phi) is 5.63. The van der Waals surface area contributed by atoms with Crippen molar-refractivity contribution in [3.8, 4) is 17.2 Å². The third-order valence-electron chi connectivity index (χ3n) is 3.11. The average Bonchev–Trinajstić information content (AvgIpc) is 2.59. The standard InChI is InChI=1S/C18H19NO4/c1-4-11-23-14-8-5-7-13(12-14)19-18(20)15-9-6-10-16(21-2)17(15)22-3/h4-10,12H,1,11H2,2-3H3,(H,19,20). The molecule has 0 spiro atoms. The molecule has 5 heteroatoms. The van der Waals surface area contributed by atoms with Crippen LogP contribution in [0.3, 0.4) is 0 Å². The molecule has 2 rings (SSSR count). The van der Waals surface area contributed by atoms with E-state index in [4.69, 9.17) is 14.2 Å². The first-order valence-electron chi connectivity index (χ1n) is 7.05. The van der Waals surface area contributed by atoms with Gasteiger partial charge in [-0.05, 0) is 24.3 Å². The third kappa shape index (κ3) is 4.03. The van der Waals surface area contributed by atoms with Crippen LogP contribution in [0.25, 0.3) is 0 Å². The highest BCUT2D eigenvalue weighted by molar-refractivity contribution is 6.06. The third-order valence-corrected chi connectivity index (χ3v) is 3.11. The Morgan fingerprint density at radius 1 is 1.17 bits per heavy atom. The quantitative estimate of drug-likeness (QED) is 0.795. The maximum Gasteiger partial charge on any atom is 0.259 e. The number of benzene rings is 2. The Morgan fingerprint density at radius 3 is 2.65 bits per heavy atom. The van der Waals surface area contributed by atoms with Gasteiger partial charge in [-0.3, -0.25) is 4.79 Å². The molecule has 1 amide bonds. The number of hydrogen-bond donors (Lipinski definition) is 1. The van der Waals surface area contributed by atoms with Crippen molar-refractivity contribution in [3.63, 3.8) is 0 Å². The molecule has 2 aromatic rings. The van der Waals surface area contributed by atoms with Crippen molar-refractivity contribution in [2.24, 2.45) is 0 Å². The van der Waals surface area contributed by atoms with Crippen molar-refractivity contribution >= 4 is 11.6 Å². The maximum atomic E-state index is 12.5. The normalized spacial score (nSPS) is 9.83. The lowest BCUT2D eigenvalue weighted by Gasteiger charge is -2.13. The molecule has 0 aromatic heterocycles. The van der Waals surface area contributed by atoms with Crippen LogP contribution in [0.1, 0.15) is 10.4 Å². The lowest BCUT2D eigenvalue weighted by Crippen LogP contribution is -2.13. The van der Waals surface area contributed by atoms with E-state index in [1.54, 1.807) is 42.5 Å². The molecule has 0 fully saturated rings. The summed E-state index contributed by atoms with van der Waals surface area (Å²) in [5.74, 6) is 1.26. The summed E-state index contributed by atoms with van der Waals surface area (Å²) >= 11 is 0. The van der Waals surface area contributed by atoms with E-state index >= 15 is 0 Å². The SMILES string of the molecule is C=CCOc1cccc(NC(=O)c2cccc(OC)c2OC)c1. The van der Waals surface area contributed by atoms with Crippen molar-refractivity contribution in [2.75, 3.05) is 26.1 Å². The molecule has 120 valence electrons. The van der Waals surface area contributed by atoms with Crippen LogP contribution in [-0.2, 0) is 0 Å². The van der Waals surface area contributed by atoms with Gasteiger partial charge in [-0.1, -0.05) is 24.8 Å². The Bertz CT molecular complexity index is 697. The van der Waals surface area contributed by atoms with Gasteiger partial charge in [0.15, 0.2) is 11.5 Å². The number of carbonyl (C=O) groups is 1. The average molecular weight is 313 g/mol. The van der Waals surface area contributed by atoms with Gasteiger partial charge < -0.3 is 19.5 Å². The number of para-hydroxylation sites is 1. The number of nitrogens with one attached hydrogen (secondary N) is 1. The predicted octanol–water partition coefficient (Wildman–Crippen LogP) is 3.52. The first kappa shape index (κ1) is 16.4. The summed E-state index contributed by atoms with van der Waals surface area (Å²) < 4.78 is 15.9. The minimum absolute atomic E-state index is 0.290. The highest BCUT2D eigenvalue weighted by Gasteiger charge is 2.16. The van der Waals surface area contributed by atoms with Crippen molar-refractivity contribution in [2.45, 2.75) is 0 Å². The number of anilines is 1. The van der Waals surface area contributed by atoms with Crippen molar-refractivity contribution in [3.05, 3.63) is 60.7 Å². The highest BCUT2D eigenvalue weighted by Crippen LogP contribution is 2.31. The van der Waals surface area contributed by atoms with Crippen molar-refractivity contribution in [1.29, 1.82) is 0 Å². The molecule has 0 aliphatic rings. The molecule has 0 aliphatic heterocycles. The first-order valence-corrected chi connectivity index (χ1v) is 7.05. The fourth-order valence-electron chi connectivity index (χ4n) is 2.08. The van der Waals surface area contributed by atoms with Gasteiger partial charge in [0, 0.05) is 11.8 Å². The molecule has 2 aromatic carbocycles. The van der Waals surface area contributed by atoms with Crippen LogP contribution in [-0.4, -0.2) is 26.7 Å². The van der Waals surface area contributed by atoms with Gasteiger partial charge in [-0.25, -0.2) is 0 Å². The van der Waals surface area contributed by atoms with E-state index in [9.17, 15) is 4.79 Å². The molecular weight excluding hydrogens is 294 g/mol. The molecule has 0 radical (unpaired) electrons. The van der Waals surface area contributed by atoms with E-state index in [1.165, 1.54) is 14.2 Å². The fourth-order valence-corrected chi connectivity index (χ4v) is 2.08. The van der Waals surface area contributed by atoms with Crippen LogP contribution in [0.4, 0.5) is 5.69 Å². The van der Waals surface area contributed by atoms with E-state index in [1.807, 2.05) is 6.07 Å². The monoisotopic (exact) mass is 313 g/mol. The summed E-state index contributed by atoms with van der Waals surface area (Å²) in [6.45, 7) is 4.01. The number of carbonyl (C=O) groups excluding carboxylic acids is 1. The van der Waals surface area contributed by atoms with E-state index in [2.05, 4.69) is 11.9 Å². The largest absolute Gasteiger partial charge is 0.493 e. The van der Waals surface area contributed by atoms with Crippen LogP contribution in [0.15, 0.2) is 55.1 Å². The van der Waals surface area contributed by atoms with Crippen molar-refractivity contribution < 1.29 is 19.0 Å². The minimum atomic E-state index is -0.290. The van der Waals surface area contributed by atoms with Crippen LogP contribution < -0.4 is 19.5 Å². The molecular formula is C18H19NO4. The van der Waals surface area contributed by atoms with Gasteiger partial charge >= 0.3 is 0 Å². The second kappa shape index (κ2) is 7.89. The van der Waals surface area contributed by atoms with Crippen LogP contribution in [0.2, 0.25) is 0 Å². The number of ether oxygens (including phenoxy) is 3. The minimum Gasteiger partial charge on any atom is -0.493 e. The van der Waals surface area contributed by atoms with Crippen molar-refractivity contribution in [1.82, 2.24) is 0 Å². The van der Waals surface area contributed by atoms with Crippen LogP contribution in [0, 0.1) is 0 Å². The summed E-state index contributed by atoms with van der Waals surface area (Å²) in [6, 6.07) is 12.3. The molecule has 0 saturated heterocycles. The summed E-state index contributed by atoms with van der Waals surface area (Å²) in [5.41, 5.74) is 1.02. The van der Waals surface area contributed by atoms with E-state index in [-0.39, 0.29) is 5.91 Å². The van der Waals surface area contributed by atoms with Crippen LogP contribution >= 0.6 is 0 Å². The van der Waals surface area contributed by atoms with Gasteiger partial charge in [0.05, 0.1) is 19.8 Å². The number of hydrogen-bond acceptors (Lipinski definition) is 4. The lowest BCUT2D eigenvalue weighted by molar-refractivity contribution is 0.102. The molecule has 0 saturated carbocycles. The zero-order chi connectivity index (χ0) is 16.7. The Balaban J connectivity index is 2.21. The highest BCUT2D eigenvalue weighted by atomic mass is 16.5. The zero-order valence-electron chi connectivity index (χ0n) is 13.2. The molecule has 0 unspecified atom stereocenters. The van der Waals surface area contributed by atoms with E-state index in [0.29, 0.717) is 35.1 Å². The topological polar surface area (TPSA) is 56.8 Å². The Morgan fingerprint density at radius 2 is 1.96 bits per heavy atom. The summed E-state index contributed by atoms with van der Waals surface area (Å²) in [4.78, 5) is 12.5. The Labute approximate surface area is 135 Å². The lowest BCUT2D eigenvalue weighted by atomic mass is 10.1. The summed E-state index contributed by atoms with van der Waals surface area (Å²) in [6.07, 6.45) is 1.66. The van der Waals surface area contributed by atoms with Gasteiger partial charge in [-0.2, -0.15) is 0 Å². The molecule has 0 atom stereocenters.